The van der Waals surface area contributed by atoms with E-state index in [1.165, 1.54) is 0 Å². The van der Waals surface area contributed by atoms with E-state index in [0.29, 0.717) is 18.9 Å². The Morgan fingerprint density at radius 1 is 1.20 bits per heavy atom. The first-order valence-electron chi connectivity index (χ1n) is 6.08. The average Bonchev–Trinajstić information content (AvgIpc) is 2.81. The van der Waals surface area contributed by atoms with Crippen LogP contribution in [-0.2, 0) is 10.0 Å². The van der Waals surface area contributed by atoms with Crippen molar-refractivity contribution in [2.24, 2.45) is 5.73 Å². The molecule has 1 aliphatic carbocycles. The second-order valence-electron chi connectivity index (χ2n) is 4.87. The van der Waals surface area contributed by atoms with E-state index in [4.69, 9.17) is 5.73 Å². The molecule has 0 amide bonds. The van der Waals surface area contributed by atoms with Crippen molar-refractivity contribution in [2.45, 2.75) is 36.1 Å². The summed E-state index contributed by atoms with van der Waals surface area (Å²) < 4.78 is 52.8. The van der Waals surface area contributed by atoms with Crippen LogP contribution in [0.3, 0.4) is 0 Å². The fourth-order valence-electron chi connectivity index (χ4n) is 2.39. The van der Waals surface area contributed by atoms with Crippen LogP contribution in [0.5, 0.6) is 0 Å². The maximum atomic E-state index is 13.1. The zero-order valence-electron chi connectivity index (χ0n) is 10.7. The summed E-state index contributed by atoms with van der Waals surface area (Å²) in [7, 11) is -3.89. The molecule has 0 aromatic heterocycles. The van der Waals surface area contributed by atoms with Gasteiger partial charge in [0.05, 0.1) is 4.90 Å². The fourth-order valence-corrected chi connectivity index (χ4v) is 3.87. The Kier molecular flexibility index (Phi) is 5.48. The minimum Gasteiger partial charge on any atom is -0.329 e. The lowest BCUT2D eigenvalue weighted by Gasteiger charge is -2.28. The minimum atomic E-state index is -3.89. The molecule has 0 aliphatic heterocycles. The van der Waals surface area contributed by atoms with E-state index in [-0.39, 0.29) is 23.8 Å². The van der Waals surface area contributed by atoms with Gasteiger partial charge in [0.15, 0.2) is 11.6 Å². The summed E-state index contributed by atoms with van der Waals surface area (Å²) >= 11 is 0. The first-order chi connectivity index (χ1) is 8.88. The van der Waals surface area contributed by atoms with Crippen molar-refractivity contribution < 1.29 is 17.2 Å². The highest BCUT2D eigenvalue weighted by Gasteiger charge is 2.36. The zero-order valence-corrected chi connectivity index (χ0v) is 12.4. The average molecular weight is 327 g/mol. The standard InChI is InChI=1S/C12H16F2N2O2S.ClH/c13-10-4-3-9(7-11(10)14)19(17,18)16-12(8-15)5-1-2-6-12;/h3-4,7,16H,1-2,5-6,8,15H2;1H. The van der Waals surface area contributed by atoms with Crippen LogP contribution in [0.15, 0.2) is 23.1 Å². The fraction of sp³-hybridized carbons (Fsp3) is 0.500. The van der Waals surface area contributed by atoms with Crippen LogP contribution in [0.25, 0.3) is 0 Å². The van der Waals surface area contributed by atoms with Gasteiger partial charge in [0, 0.05) is 12.1 Å². The van der Waals surface area contributed by atoms with Gasteiger partial charge in [0.25, 0.3) is 0 Å². The van der Waals surface area contributed by atoms with E-state index in [1.807, 2.05) is 0 Å². The Labute approximate surface area is 123 Å². The molecule has 2 rings (SSSR count). The van der Waals surface area contributed by atoms with Gasteiger partial charge >= 0.3 is 0 Å². The third-order valence-corrected chi connectivity index (χ3v) is 5.08. The van der Waals surface area contributed by atoms with Gasteiger partial charge in [0.2, 0.25) is 10.0 Å². The van der Waals surface area contributed by atoms with Crippen LogP contribution in [0.2, 0.25) is 0 Å². The lowest BCUT2D eigenvalue weighted by molar-refractivity contribution is 0.399. The van der Waals surface area contributed by atoms with Gasteiger partial charge in [0.1, 0.15) is 0 Å². The third-order valence-electron chi connectivity index (χ3n) is 3.50. The number of rotatable bonds is 4. The second kappa shape index (κ2) is 6.34. The van der Waals surface area contributed by atoms with Crippen molar-refractivity contribution in [3.05, 3.63) is 29.8 Å². The van der Waals surface area contributed by atoms with Gasteiger partial charge in [-0.1, -0.05) is 12.8 Å². The van der Waals surface area contributed by atoms with E-state index < -0.39 is 27.2 Å². The van der Waals surface area contributed by atoms with Crippen LogP contribution in [0.4, 0.5) is 8.78 Å². The van der Waals surface area contributed by atoms with Crippen LogP contribution < -0.4 is 10.5 Å². The van der Waals surface area contributed by atoms with Gasteiger partial charge < -0.3 is 5.73 Å². The Hall–Kier alpha value is -0.760. The summed E-state index contributed by atoms with van der Waals surface area (Å²) in [4.78, 5) is -0.286. The quantitative estimate of drug-likeness (QED) is 0.888. The third kappa shape index (κ3) is 3.46. The monoisotopic (exact) mass is 326 g/mol. The van der Waals surface area contributed by atoms with Crippen molar-refractivity contribution in [1.82, 2.24) is 4.72 Å². The molecule has 1 fully saturated rings. The van der Waals surface area contributed by atoms with E-state index in [1.54, 1.807) is 0 Å². The highest BCUT2D eigenvalue weighted by atomic mass is 35.5. The van der Waals surface area contributed by atoms with Gasteiger partial charge in [-0.15, -0.1) is 12.4 Å². The molecule has 0 bridgehead atoms. The molecule has 1 aromatic carbocycles. The van der Waals surface area contributed by atoms with Gasteiger partial charge in [-0.25, -0.2) is 21.9 Å². The Morgan fingerprint density at radius 3 is 2.30 bits per heavy atom. The van der Waals surface area contributed by atoms with E-state index in [9.17, 15) is 17.2 Å². The number of hydrogen-bond donors (Lipinski definition) is 2. The topological polar surface area (TPSA) is 72.2 Å². The van der Waals surface area contributed by atoms with Crippen LogP contribution in [-0.4, -0.2) is 20.5 Å². The van der Waals surface area contributed by atoms with E-state index >= 15 is 0 Å². The predicted octanol–water partition coefficient (Wildman–Crippen LogP) is 1.94. The number of nitrogens with two attached hydrogens (primary N) is 1. The van der Waals surface area contributed by atoms with E-state index in [0.717, 1.165) is 25.0 Å². The summed E-state index contributed by atoms with van der Waals surface area (Å²) in [5, 5.41) is 0. The minimum absolute atomic E-state index is 0. The molecule has 1 aromatic rings. The van der Waals surface area contributed by atoms with Gasteiger partial charge in [-0.05, 0) is 31.0 Å². The lowest BCUT2D eigenvalue weighted by Crippen LogP contribution is -2.51. The highest BCUT2D eigenvalue weighted by Crippen LogP contribution is 2.30. The highest BCUT2D eigenvalue weighted by molar-refractivity contribution is 7.89. The molecule has 3 N–H and O–H groups in total. The van der Waals surface area contributed by atoms with Crippen LogP contribution in [0, 0.1) is 11.6 Å². The number of benzene rings is 1. The van der Waals surface area contributed by atoms with Gasteiger partial charge in [-0.2, -0.15) is 0 Å². The molecule has 0 saturated heterocycles. The maximum absolute atomic E-state index is 13.1. The molecule has 114 valence electrons. The summed E-state index contributed by atoms with van der Waals surface area (Å²) in [5.74, 6) is -2.26. The largest absolute Gasteiger partial charge is 0.329 e. The molecule has 0 atom stereocenters. The smallest absolute Gasteiger partial charge is 0.241 e. The Bertz CT molecular complexity index is 575. The first kappa shape index (κ1) is 17.3. The normalized spacial score (nSPS) is 17.8. The van der Waals surface area contributed by atoms with Gasteiger partial charge in [-0.3, -0.25) is 0 Å². The molecule has 4 nitrogen and oxygen atoms in total. The number of sulfonamides is 1. The predicted molar refractivity (Wildman–Crippen MR) is 74.2 cm³/mol. The molecule has 1 saturated carbocycles. The molecule has 0 heterocycles. The summed E-state index contributed by atoms with van der Waals surface area (Å²) in [5.41, 5.74) is 4.98. The molecule has 0 spiro atoms. The van der Waals surface area contributed by atoms with Crippen molar-refractivity contribution in [1.29, 1.82) is 0 Å². The first-order valence-corrected chi connectivity index (χ1v) is 7.56. The molecular weight excluding hydrogens is 310 g/mol. The number of halogens is 3. The van der Waals surface area contributed by atoms with Crippen molar-refractivity contribution in [3.8, 4) is 0 Å². The molecule has 20 heavy (non-hydrogen) atoms. The molecule has 0 unspecified atom stereocenters. The summed E-state index contributed by atoms with van der Waals surface area (Å²) in [6.07, 6.45) is 3.12. The molecule has 0 radical (unpaired) electrons. The van der Waals surface area contributed by atoms with Crippen LogP contribution in [0.1, 0.15) is 25.7 Å². The summed E-state index contributed by atoms with van der Waals surface area (Å²) in [6, 6.07) is 2.52. The van der Waals surface area contributed by atoms with Crippen LogP contribution >= 0.6 is 12.4 Å². The summed E-state index contributed by atoms with van der Waals surface area (Å²) in [6.45, 7) is 0.190. The number of nitrogens with one attached hydrogen (secondary N) is 1. The maximum Gasteiger partial charge on any atom is 0.241 e. The lowest BCUT2D eigenvalue weighted by atomic mass is 10.0. The Morgan fingerprint density at radius 2 is 1.80 bits per heavy atom. The Balaban J connectivity index is 0.00000200. The molecular formula is C12H17ClF2N2O2S. The SMILES string of the molecule is Cl.NCC1(NS(=O)(=O)c2ccc(F)c(F)c2)CCCC1. The van der Waals surface area contributed by atoms with E-state index in [2.05, 4.69) is 4.72 Å². The van der Waals surface area contributed by atoms with Crippen molar-refractivity contribution in [3.63, 3.8) is 0 Å². The van der Waals surface area contributed by atoms with Crippen molar-refractivity contribution >= 4 is 22.4 Å². The number of hydrogen-bond acceptors (Lipinski definition) is 3. The second-order valence-corrected chi connectivity index (χ2v) is 6.56. The van der Waals surface area contributed by atoms with Crippen molar-refractivity contribution in [2.75, 3.05) is 6.54 Å². The molecule has 8 heteroatoms. The molecule has 1 aliphatic rings. The zero-order chi connectivity index (χ0) is 14.1.